The summed E-state index contributed by atoms with van der Waals surface area (Å²) in [5.41, 5.74) is 0. The lowest BCUT2D eigenvalue weighted by Gasteiger charge is -2.21. The highest BCUT2D eigenvalue weighted by atomic mass is 31.1. The molecular formula is C27H58O4P2. The minimum Gasteiger partial charge on any atom is -0.396 e. The average Bonchev–Trinajstić information content (AvgIpc) is 2.82. The van der Waals surface area contributed by atoms with E-state index in [0.29, 0.717) is 26.4 Å². The van der Waals surface area contributed by atoms with Crippen molar-refractivity contribution in [2.75, 3.05) is 63.4 Å². The summed E-state index contributed by atoms with van der Waals surface area (Å²) in [4.78, 5) is 0. The predicted octanol–water partition coefficient (Wildman–Crippen LogP) is 6.55. The van der Waals surface area contributed by atoms with Gasteiger partial charge in [0.15, 0.2) is 0 Å². The van der Waals surface area contributed by atoms with E-state index in [2.05, 4.69) is 0 Å². The van der Waals surface area contributed by atoms with E-state index >= 15 is 0 Å². The highest BCUT2D eigenvalue weighted by Crippen LogP contribution is 2.43. The van der Waals surface area contributed by atoms with Gasteiger partial charge in [0.05, 0.1) is 0 Å². The zero-order chi connectivity index (χ0) is 24.2. The Morgan fingerprint density at radius 3 is 0.697 bits per heavy atom. The lowest BCUT2D eigenvalue weighted by molar-refractivity contribution is 0.282. The van der Waals surface area contributed by atoms with E-state index < -0.39 is 0 Å². The van der Waals surface area contributed by atoms with Crippen LogP contribution in [0.15, 0.2) is 0 Å². The molecule has 0 fully saturated rings. The minimum atomic E-state index is 0.155. The molecule has 0 heterocycles. The van der Waals surface area contributed by atoms with E-state index in [0.717, 1.165) is 25.7 Å². The minimum absolute atomic E-state index is 0.155. The molecule has 0 aliphatic carbocycles. The van der Waals surface area contributed by atoms with Crippen LogP contribution in [0.4, 0.5) is 0 Å². The molecule has 0 aromatic carbocycles. The summed E-state index contributed by atoms with van der Waals surface area (Å²) in [6.07, 6.45) is 29.0. The zero-order valence-corrected chi connectivity index (χ0v) is 23.6. The lowest BCUT2D eigenvalue weighted by atomic mass is 10.2. The molecule has 6 heteroatoms. The standard InChI is InChI=1S/C27H58O4P2/c28-18-9-1-5-13-22-32(23-14-6-2-10-19-29)26-17-27-33(24-15-7-3-11-20-30)25-16-8-4-12-21-31/h28-31H,1-27H2. The summed E-state index contributed by atoms with van der Waals surface area (Å²) >= 11 is 0. The fourth-order valence-corrected chi connectivity index (χ4v) is 9.88. The second kappa shape index (κ2) is 28.9. The van der Waals surface area contributed by atoms with Gasteiger partial charge in [-0.15, -0.1) is 15.8 Å². The first-order valence-corrected chi connectivity index (χ1v) is 18.0. The molecule has 4 N–H and O–H groups in total. The number of hydrogen-bond donors (Lipinski definition) is 4. The quantitative estimate of drug-likeness (QED) is 0.0713. The summed E-state index contributed by atoms with van der Waals surface area (Å²) in [7, 11) is 0.310. The van der Waals surface area contributed by atoms with E-state index in [1.165, 1.54) is 120 Å². The molecule has 200 valence electrons. The highest BCUT2D eigenvalue weighted by Gasteiger charge is 2.12. The molecule has 4 nitrogen and oxygen atoms in total. The summed E-state index contributed by atoms with van der Waals surface area (Å²) in [5.74, 6) is 0. The van der Waals surface area contributed by atoms with Crippen LogP contribution < -0.4 is 0 Å². The Labute approximate surface area is 208 Å². The number of hydrogen-bond acceptors (Lipinski definition) is 4. The van der Waals surface area contributed by atoms with Crippen LogP contribution in [0, 0.1) is 0 Å². The van der Waals surface area contributed by atoms with E-state index in [-0.39, 0.29) is 15.8 Å². The Hall–Kier alpha value is 0.700. The van der Waals surface area contributed by atoms with Crippen LogP contribution in [0.25, 0.3) is 0 Å². The third-order valence-corrected chi connectivity index (χ3v) is 12.2. The first-order chi connectivity index (χ1) is 16.3. The van der Waals surface area contributed by atoms with Crippen LogP contribution in [0.2, 0.25) is 0 Å². The molecule has 0 spiro atoms. The fraction of sp³-hybridized carbons (Fsp3) is 1.00. The maximum absolute atomic E-state index is 9.00. The maximum Gasteiger partial charge on any atom is 0.0431 e. The van der Waals surface area contributed by atoms with Gasteiger partial charge in [-0.1, -0.05) is 51.4 Å². The van der Waals surface area contributed by atoms with E-state index in [1.807, 2.05) is 0 Å². The molecule has 0 rings (SSSR count). The summed E-state index contributed by atoms with van der Waals surface area (Å²) < 4.78 is 0. The van der Waals surface area contributed by atoms with Gasteiger partial charge in [0.25, 0.3) is 0 Å². The highest BCUT2D eigenvalue weighted by molar-refractivity contribution is 7.58. The molecule has 0 radical (unpaired) electrons. The van der Waals surface area contributed by atoms with Gasteiger partial charge >= 0.3 is 0 Å². The monoisotopic (exact) mass is 508 g/mol. The van der Waals surface area contributed by atoms with Crippen LogP contribution in [-0.2, 0) is 0 Å². The lowest BCUT2D eigenvalue weighted by Crippen LogP contribution is -2.02. The van der Waals surface area contributed by atoms with Crippen molar-refractivity contribution < 1.29 is 20.4 Å². The van der Waals surface area contributed by atoms with E-state index in [1.54, 1.807) is 0 Å². The van der Waals surface area contributed by atoms with Crippen LogP contribution in [-0.4, -0.2) is 83.8 Å². The fourth-order valence-electron chi connectivity index (χ4n) is 4.39. The topological polar surface area (TPSA) is 80.9 Å². The predicted molar refractivity (Wildman–Crippen MR) is 150 cm³/mol. The van der Waals surface area contributed by atoms with Gasteiger partial charge in [0.2, 0.25) is 0 Å². The second-order valence-corrected chi connectivity index (χ2v) is 15.0. The van der Waals surface area contributed by atoms with Crippen molar-refractivity contribution in [1.29, 1.82) is 0 Å². The van der Waals surface area contributed by atoms with Gasteiger partial charge in [-0.25, -0.2) is 0 Å². The van der Waals surface area contributed by atoms with Crippen LogP contribution in [0.1, 0.15) is 109 Å². The van der Waals surface area contributed by atoms with Gasteiger partial charge in [-0.05, 0) is 94.8 Å². The largest absolute Gasteiger partial charge is 0.396 e. The van der Waals surface area contributed by atoms with Gasteiger partial charge < -0.3 is 20.4 Å². The van der Waals surface area contributed by atoms with E-state index in [9.17, 15) is 0 Å². The van der Waals surface area contributed by atoms with Crippen molar-refractivity contribution >= 4 is 15.8 Å². The molecule has 0 amide bonds. The third kappa shape index (κ3) is 25.6. The molecule has 0 aromatic rings. The third-order valence-electron chi connectivity index (χ3n) is 6.48. The van der Waals surface area contributed by atoms with Crippen molar-refractivity contribution in [3.8, 4) is 0 Å². The van der Waals surface area contributed by atoms with Crippen molar-refractivity contribution in [3.05, 3.63) is 0 Å². The van der Waals surface area contributed by atoms with Gasteiger partial charge in [-0.2, -0.15) is 0 Å². The number of aliphatic hydroxyl groups excluding tert-OH is 4. The van der Waals surface area contributed by atoms with Crippen LogP contribution in [0.3, 0.4) is 0 Å². The SMILES string of the molecule is OCCCCCCP(CCCCCCO)CCCP(CCCCCCO)CCCCCCO. The summed E-state index contributed by atoms with van der Waals surface area (Å²) in [5, 5.41) is 36.0. The number of unbranched alkanes of at least 4 members (excludes halogenated alkanes) is 12. The normalized spacial score (nSPS) is 11.8. The average molecular weight is 509 g/mol. The van der Waals surface area contributed by atoms with Crippen molar-refractivity contribution in [2.24, 2.45) is 0 Å². The molecule has 0 atom stereocenters. The Bertz CT molecular complexity index is 301. The molecule has 0 aromatic heterocycles. The van der Waals surface area contributed by atoms with E-state index in [4.69, 9.17) is 20.4 Å². The first kappa shape index (κ1) is 33.7. The molecule has 0 bridgehead atoms. The van der Waals surface area contributed by atoms with Gasteiger partial charge in [0, 0.05) is 26.4 Å². The molecule has 0 aliphatic heterocycles. The van der Waals surface area contributed by atoms with Crippen LogP contribution in [0.5, 0.6) is 0 Å². The maximum atomic E-state index is 9.00. The first-order valence-electron chi connectivity index (χ1n) is 14.2. The molecule has 0 aliphatic rings. The molecule has 0 unspecified atom stereocenters. The molecule has 0 saturated heterocycles. The molecule has 33 heavy (non-hydrogen) atoms. The molecule has 0 saturated carbocycles. The molecular weight excluding hydrogens is 450 g/mol. The van der Waals surface area contributed by atoms with Gasteiger partial charge in [-0.3, -0.25) is 0 Å². The number of aliphatic hydroxyl groups is 4. The van der Waals surface area contributed by atoms with Crippen molar-refractivity contribution in [1.82, 2.24) is 0 Å². The summed E-state index contributed by atoms with van der Waals surface area (Å²) in [6, 6.07) is 0. The zero-order valence-electron chi connectivity index (χ0n) is 21.8. The second-order valence-electron chi connectivity index (χ2n) is 9.59. The van der Waals surface area contributed by atoms with Crippen molar-refractivity contribution in [3.63, 3.8) is 0 Å². The van der Waals surface area contributed by atoms with Gasteiger partial charge in [0.1, 0.15) is 0 Å². The van der Waals surface area contributed by atoms with Crippen LogP contribution >= 0.6 is 15.8 Å². The Balaban J connectivity index is 4.35. The smallest absolute Gasteiger partial charge is 0.0431 e. The van der Waals surface area contributed by atoms with Crippen molar-refractivity contribution in [2.45, 2.75) is 109 Å². The summed E-state index contributed by atoms with van der Waals surface area (Å²) in [6.45, 7) is 1.35. The number of rotatable bonds is 28. The Morgan fingerprint density at radius 1 is 0.242 bits per heavy atom. The Kier molecular flexibility index (Phi) is 29.5. The Morgan fingerprint density at radius 2 is 0.455 bits per heavy atom.